The molecule has 0 bridgehead atoms. The normalized spacial score (nSPS) is 11.8. The third-order valence-electron chi connectivity index (χ3n) is 7.09. The lowest BCUT2D eigenvalue weighted by Gasteiger charge is -2.12. The molecule has 4 aromatic heterocycles. The van der Waals surface area contributed by atoms with Gasteiger partial charge in [-0.25, -0.2) is 0 Å². The van der Waals surface area contributed by atoms with Crippen LogP contribution in [0, 0.1) is 13.8 Å². The van der Waals surface area contributed by atoms with Crippen molar-refractivity contribution in [3.63, 3.8) is 0 Å². The SMILES string of the molecule is COc1ccc2c3ccnc(C)c3n(CCCn3c4cc(OC)ccc4c4ccnc(C)c43)c2c1. The molecule has 0 N–H and O–H groups in total. The number of fused-ring (bicyclic) bond motifs is 6. The number of ether oxygens (including phenoxy) is 2. The zero-order valence-corrected chi connectivity index (χ0v) is 20.5. The van der Waals surface area contributed by atoms with Crippen molar-refractivity contribution >= 4 is 43.6 Å². The predicted octanol–water partition coefficient (Wildman–Crippen LogP) is 6.42. The van der Waals surface area contributed by atoms with Gasteiger partial charge in [-0.3, -0.25) is 9.97 Å². The van der Waals surface area contributed by atoms with E-state index in [9.17, 15) is 0 Å². The Bertz CT molecular complexity index is 1600. The fourth-order valence-electron chi connectivity index (χ4n) is 5.50. The Kier molecular flexibility index (Phi) is 5.10. The third kappa shape index (κ3) is 3.32. The molecule has 0 radical (unpaired) electrons. The number of hydrogen-bond donors (Lipinski definition) is 0. The maximum absolute atomic E-state index is 5.55. The van der Waals surface area contributed by atoms with Gasteiger partial charge in [0.05, 0.1) is 47.7 Å². The maximum atomic E-state index is 5.55. The number of pyridine rings is 2. The van der Waals surface area contributed by atoms with Crippen LogP contribution >= 0.6 is 0 Å². The van der Waals surface area contributed by atoms with Gasteiger partial charge >= 0.3 is 0 Å². The molecule has 0 aliphatic heterocycles. The zero-order chi connectivity index (χ0) is 24.1. The second-order valence-electron chi connectivity index (χ2n) is 9.01. The van der Waals surface area contributed by atoms with Crippen LogP contribution in [0.25, 0.3) is 43.6 Å². The molecule has 0 amide bonds. The summed E-state index contributed by atoms with van der Waals surface area (Å²) in [6.45, 7) is 5.90. The van der Waals surface area contributed by atoms with Gasteiger partial charge < -0.3 is 18.6 Å². The van der Waals surface area contributed by atoms with Gasteiger partial charge in [-0.2, -0.15) is 0 Å². The Hall–Kier alpha value is -4.06. The van der Waals surface area contributed by atoms with Crippen molar-refractivity contribution in [2.75, 3.05) is 14.2 Å². The van der Waals surface area contributed by atoms with Crippen LogP contribution in [0.1, 0.15) is 17.8 Å². The Labute approximate surface area is 203 Å². The molecule has 0 unspecified atom stereocenters. The fraction of sp³-hybridized carbons (Fsp3) is 0.241. The van der Waals surface area contributed by atoms with Crippen LogP contribution < -0.4 is 9.47 Å². The van der Waals surface area contributed by atoms with Gasteiger partial charge in [-0.15, -0.1) is 0 Å². The van der Waals surface area contributed by atoms with E-state index in [1.165, 1.54) is 43.6 Å². The van der Waals surface area contributed by atoms with Gasteiger partial charge in [0.15, 0.2) is 0 Å². The average Bonchev–Trinajstić information content (AvgIpc) is 3.37. The first-order chi connectivity index (χ1) is 17.1. The third-order valence-corrected chi connectivity index (χ3v) is 7.09. The summed E-state index contributed by atoms with van der Waals surface area (Å²) in [6, 6.07) is 16.9. The van der Waals surface area contributed by atoms with E-state index in [2.05, 4.69) is 69.3 Å². The molecule has 4 heterocycles. The summed E-state index contributed by atoms with van der Waals surface area (Å²) in [5.74, 6) is 1.73. The van der Waals surface area contributed by atoms with E-state index in [1.807, 2.05) is 24.5 Å². The monoisotopic (exact) mass is 464 g/mol. The molecule has 176 valence electrons. The van der Waals surface area contributed by atoms with E-state index < -0.39 is 0 Å². The first-order valence-corrected chi connectivity index (χ1v) is 11.9. The van der Waals surface area contributed by atoms with Crippen LogP contribution in [0.4, 0.5) is 0 Å². The Morgan fingerprint density at radius 2 is 1.09 bits per heavy atom. The highest BCUT2D eigenvalue weighted by Gasteiger charge is 2.16. The molecule has 0 saturated carbocycles. The van der Waals surface area contributed by atoms with Crippen molar-refractivity contribution in [1.29, 1.82) is 0 Å². The molecular weight excluding hydrogens is 436 g/mol. The van der Waals surface area contributed by atoms with Crippen LogP contribution in [-0.2, 0) is 13.1 Å². The Morgan fingerprint density at radius 3 is 1.51 bits per heavy atom. The summed E-state index contributed by atoms with van der Waals surface area (Å²) < 4.78 is 15.9. The smallest absolute Gasteiger partial charge is 0.120 e. The van der Waals surface area contributed by atoms with Crippen LogP contribution in [0.5, 0.6) is 11.5 Å². The van der Waals surface area contributed by atoms with E-state index in [0.29, 0.717) is 0 Å². The Morgan fingerprint density at radius 1 is 0.629 bits per heavy atom. The lowest BCUT2D eigenvalue weighted by Crippen LogP contribution is -2.06. The zero-order valence-electron chi connectivity index (χ0n) is 20.5. The Balaban J connectivity index is 1.45. The van der Waals surface area contributed by atoms with E-state index in [1.54, 1.807) is 14.2 Å². The largest absolute Gasteiger partial charge is 0.497 e. The molecule has 0 atom stereocenters. The minimum Gasteiger partial charge on any atom is -0.497 e. The van der Waals surface area contributed by atoms with Crippen molar-refractivity contribution in [3.05, 3.63) is 72.3 Å². The fourth-order valence-corrected chi connectivity index (χ4v) is 5.50. The topological polar surface area (TPSA) is 54.1 Å². The minimum atomic E-state index is 0.864. The molecule has 0 aliphatic rings. The molecule has 0 saturated heterocycles. The van der Waals surface area contributed by atoms with Crippen molar-refractivity contribution in [2.24, 2.45) is 0 Å². The van der Waals surface area contributed by atoms with Crippen molar-refractivity contribution in [3.8, 4) is 11.5 Å². The van der Waals surface area contributed by atoms with E-state index in [4.69, 9.17) is 9.47 Å². The van der Waals surface area contributed by atoms with E-state index in [-0.39, 0.29) is 0 Å². The number of methoxy groups -OCH3 is 2. The molecule has 0 fully saturated rings. The van der Waals surface area contributed by atoms with Gasteiger partial charge in [0.2, 0.25) is 0 Å². The number of aryl methyl sites for hydroxylation is 4. The van der Waals surface area contributed by atoms with Crippen LogP contribution in [-0.4, -0.2) is 33.3 Å². The number of rotatable bonds is 6. The summed E-state index contributed by atoms with van der Waals surface area (Å²) in [4.78, 5) is 9.19. The lowest BCUT2D eigenvalue weighted by atomic mass is 10.1. The lowest BCUT2D eigenvalue weighted by molar-refractivity contribution is 0.415. The summed E-state index contributed by atoms with van der Waals surface area (Å²) in [5.41, 5.74) is 6.82. The molecule has 35 heavy (non-hydrogen) atoms. The van der Waals surface area contributed by atoms with Gasteiger partial charge in [0.1, 0.15) is 11.5 Å². The summed E-state index contributed by atoms with van der Waals surface area (Å²) >= 11 is 0. The number of nitrogens with zero attached hydrogens (tertiary/aromatic N) is 4. The molecule has 6 aromatic rings. The molecule has 6 rings (SSSR count). The van der Waals surface area contributed by atoms with Gasteiger partial charge in [0.25, 0.3) is 0 Å². The van der Waals surface area contributed by atoms with E-state index in [0.717, 1.165) is 42.4 Å². The second-order valence-corrected chi connectivity index (χ2v) is 9.01. The van der Waals surface area contributed by atoms with Crippen LogP contribution in [0.15, 0.2) is 60.9 Å². The standard InChI is InChI=1S/C29H28N4O2/c1-18-28-24(10-12-30-18)22-8-6-20(34-3)16-26(22)32(28)14-5-15-33-27-17-21(35-4)7-9-23(27)25-11-13-31-19(2)29(25)33/h6-13,16-17H,5,14-15H2,1-4H3. The predicted molar refractivity (Wildman–Crippen MR) is 142 cm³/mol. The van der Waals surface area contributed by atoms with Crippen molar-refractivity contribution in [2.45, 2.75) is 33.4 Å². The average molecular weight is 465 g/mol. The highest BCUT2D eigenvalue weighted by Crippen LogP contribution is 2.35. The molecule has 6 nitrogen and oxygen atoms in total. The summed E-state index contributed by atoms with van der Waals surface area (Å²) in [6.07, 6.45) is 4.74. The number of benzene rings is 2. The van der Waals surface area contributed by atoms with Crippen molar-refractivity contribution < 1.29 is 9.47 Å². The summed E-state index contributed by atoms with van der Waals surface area (Å²) in [7, 11) is 3.43. The van der Waals surface area contributed by atoms with E-state index >= 15 is 0 Å². The highest BCUT2D eigenvalue weighted by atomic mass is 16.5. The van der Waals surface area contributed by atoms with Gasteiger partial charge in [-0.1, -0.05) is 0 Å². The molecular formula is C29H28N4O2. The molecule has 0 spiro atoms. The first-order valence-electron chi connectivity index (χ1n) is 11.9. The molecule has 6 heteroatoms. The first kappa shape index (κ1) is 21.5. The van der Waals surface area contributed by atoms with Crippen LogP contribution in [0.2, 0.25) is 0 Å². The van der Waals surface area contributed by atoms with Crippen LogP contribution in [0.3, 0.4) is 0 Å². The highest BCUT2D eigenvalue weighted by molar-refractivity contribution is 6.10. The summed E-state index contributed by atoms with van der Waals surface area (Å²) in [5, 5.41) is 4.93. The number of aromatic nitrogens is 4. The quantitative estimate of drug-likeness (QED) is 0.286. The van der Waals surface area contributed by atoms with Gasteiger partial charge in [-0.05, 0) is 56.7 Å². The second kappa shape index (κ2) is 8.31. The molecule has 2 aromatic carbocycles. The minimum absolute atomic E-state index is 0.864. The molecule has 0 aliphatic carbocycles. The van der Waals surface area contributed by atoms with Crippen molar-refractivity contribution in [1.82, 2.24) is 19.1 Å². The van der Waals surface area contributed by atoms with Gasteiger partial charge in [0, 0.05) is 59.2 Å². The number of hydrogen-bond acceptors (Lipinski definition) is 4. The maximum Gasteiger partial charge on any atom is 0.120 e.